The molecule has 1 heterocycles. The van der Waals surface area contributed by atoms with E-state index in [1.807, 2.05) is 31.2 Å². The topological polar surface area (TPSA) is 34.2 Å². The molecule has 0 spiro atoms. The van der Waals surface area contributed by atoms with E-state index in [-0.39, 0.29) is 0 Å². The summed E-state index contributed by atoms with van der Waals surface area (Å²) in [5.41, 5.74) is 3.13. The third-order valence-electron chi connectivity index (χ3n) is 3.10. The normalized spacial score (nSPS) is 10.6. The summed E-state index contributed by atoms with van der Waals surface area (Å²) in [6, 6.07) is 12.2. The van der Waals surface area contributed by atoms with Gasteiger partial charge in [0.2, 0.25) is 0 Å². The number of aryl methyl sites for hydroxylation is 1. The fourth-order valence-corrected chi connectivity index (χ4v) is 2.25. The van der Waals surface area contributed by atoms with Crippen LogP contribution in [0.3, 0.4) is 0 Å². The number of nitrogens with one attached hydrogen (secondary N) is 1. The summed E-state index contributed by atoms with van der Waals surface area (Å²) in [5, 5.41) is 3.38. The summed E-state index contributed by atoms with van der Waals surface area (Å²) in [6.45, 7) is 6.44. The maximum absolute atomic E-state index is 5.93. The van der Waals surface area contributed by atoms with Crippen LogP contribution in [0, 0.1) is 6.92 Å². The van der Waals surface area contributed by atoms with E-state index in [1.165, 1.54) is 0 Å². The van der Waals surface area contributed by atoms with Crippen molar-refractivity contribution in [1.29, 1.82) is 0 Å². The van der Waals surface area contributed by atoms with Crippen molar-refractivity contribution in [2.24, 2.45) is 0 Å². The van der Waals surface area contributed by atoms with Crippen molar-refractivity contribution in [3.63, 3.8) is 0 Å². The molecule has 4 heteroatoms. The molecule has 0 radical (unpaired) electrons. The average Bonchev–Trinajstić information content (AvgIpc) is 2.48. The molecule has 0 amide bonds. The highest BCUT2D eigenvalue weighted by Gasteiger charge is 2.06. The fourth-order valence-electron chi connectivity index (χ4n) is 1.98. The van der Waals surface area contributed by atoms with Crippen molar-refractivity contribution in [2.75, 3.05) is 6.54 Å². The predicted octanol–water partition coefficient (Wildman–Crippen LogP) is 4.23. The van der Waals surface area contributed by atoms with Gasteiger partial charge in [-0.2, -0.15) is 0 Å². The van der Waals surface area contributed by atoms with Crippen LogP contribution in [0.5, 0.6) is 5.75 Å². The Hall–Kier alpha value is -1.39. The molecule has 0 saturated heterocycles. The number of nitrogens with zero attached hydrogens (tertiary/aromatic N) is 1. The van der Waals surface area contributed by atoms with Crippen LogP contribution < -0.4 is 10.1 Å². The highest BCUT2D eigenvalue weighted by Crippen LogP contribution is 2.19. The van der Waals surface area contributed by atoms with E-state index < -0.39 is 0 Å². The molecule has 0 fully saturated rings. The smallest absolute Gasteiger partial charge is 0.142 e. The van der Waals surface area contributed by atoms with E-state index in [2.05, 4.69) is 45.3 Å². The Kier molecular flexibility index (Phi) is 6.21. The molecule has 2 rings (SSSR count). The number of aromatic nitrogens is 1. The molecule has 2 aromatic rings. The number of benzene rings is 1. The van der Waals surface area contributed by atoms with E-state index in [9.17, 15) is 0 Å². The van der Waals surface area contributed by atoms with Gasteiger partial charge in [-0.05, 0) is 49.7 Å². The van der Waals surface area contributed by atoms with Crippen molar-refractivity contribution in [3.05, 3.63) is 57.8 Å². The lowest BCUT2D eigenvalue weighted by molar-refractivity contribution is 0.300. The van der Waals surface area contributed by atoms with Crippen LogP contribution >= 0.6 is 15.9 Å². The van der Waals surface area contributed by atoms with Crippen LogP contribution in [-0.4, -0.2) is 11.5 Å². The molecule has 0 atom stereocenters. The van der Waals surface area contributed by atoms with Crippen molar-refractivity contribution in [2.45, 2.75) is 33.4 Å². The zero-order valence-corrected chi connectivity index (χ0v) is 14.1. The van der Waals surface area contributed by atoms with Gasteiger partial charge in [0.1, 0.15) is 12.4 Å². The summed E-state index contributed by atoms with van der Waals surface area (Å²) >= 11 is 3.44. The summed E-state index contributed by atoms with van der Waals surface area (Å²) in [6.07, 6.45) is 1.11. The van der Waals surface area contributed by atoms with Gasteiger partial charge in [-0.15, -0.1) is 0 Å². The quantitative estimate of drug-likeness (QED) is 0.760. The first-order chi connectivity index (χ1) is 10.2. The second-order valence-corrected chi connectivity index (χ2v) is 5.91. The molecule has 0 unspecified atom stereocenters. The molecule has 3 nitrogen and oxygen atoms in total. The Morgan fingerprint density at radius 2 is 1.90 bits per heavy atom. The van der Waals surface area contributed by atoms with Gasteiger partial charge in [-0.25, -0.2) is 0 Å². The molecule has 0 aliphatic rings. The van der Waals surface area contributed by atoms with Crippen LogP contribution in [0.25, 0.3) is 0 Å². The minimum Gasteiger partial charge on any atom is -0.487 e. The zero-order chi connectivity index (χ0) is 15.1. The Morgan fingerprint density at radius 1 is 1.14 bits per heavy atom. The zero-order valence-electron chi connectivity index (χ0n) is 12.5. The molecule has 1 aromatic heterocycles. The second-order valence-electron chi connectivity index (χ2n) is 4.99. The lowest BCUT2D eigenvalue weighted by atomic mass is 10.2. The first-order valence-corrected chi connectivity index (χ1v) is 8.03. The first kappa shape index (κ1) is 16.0. The second kappa shape index (κ2) is 8.15. The molecule has 1 N–H and O–H groups in total. The third-order valence-corrected chi connectivity index (χ3v) is 3.63. The van der Waals surface area contributed by atoms with Crippen LogP contribution in [-0.2, 0) is 13.2 Å². The Bertz CT molecular complexity index is 570. The lowest BCUT2D eigenvalue weighted by Gasteiger charge is -2.12. The maximum Gasteiger partial charge on any atom is 0.142 e. The minimum absolute atomic E-state index is 0.554. The van der Waals surface area contributed by atoms with Crippen LogP contribution in [0.4, 0.5) is 0 Å². The number of rotatable bonds is 7. The molecule has 0 bridgehead atoms. The van der Waals surface area contributed by atoms with Gasteiger partial charge in [0.05, 0.1) is 5.69 Å². The highest BCUT2D eigenvalue weighted by molar-refractivity contribution is 9.10. The van der Waals surface area contributed by atoms with Crippen molar-refractivity contribution < 1.29 is 4.74 Å². The van der Waals surface area contributed by atoms with E-state index in [4.69, 9.17) is 4.74 Å². The third kappa shape index (κ3) is 5.14. The van der Waals surface area contributed by atoms with E-state index in [0.717, 1.165) is 46.7 Å². The summed E-state index contributed by atoms with van der Waals surface area (Å²) in [7, 11) is 0. The molecule has 0 aliphatic heterocycles. The molecular weight excluding hydrogens is 328 g/mol. The Balaban J connectivity index is 2.02. The van der Waals surface area contributed by atoms with Gasteiger partial charge >= 0.3 is 0 Å². The van der Waals surface area contributed by atoms with Crippen molar-refractivity contribution >= 4 is 15.9 Å². The predicted molar refractivity (Wildman–Crippen MR) is 89.4 cm³/mol. The lowest BCUT2D eigenvalue weighted by Crippen LogP contribution is -2.16. The molecule has 112 valence electrons. The van der Waals surface area contributed by atoms with Gasteiger partial charge in [0.15, 0.2) is 0 Å². The number of pyridine rings is 1. The summed E-state index contributed by atoms with van der Waals surface area (Å²) < 4.78 is 7.01. The van der Waals surface area contributed by atoms with E-state index in [0.29, 0.717) is 6.61 Å². The summed E-state index contributed by atoms with van der Waals surface area (Å²) in [4.78, 5) is 4.58. The largest absolute Gasteiger partial charge is 0.487 e. The van der Waals surface area contributed by atoms with Gasteiger partial charge in [0, 0.05) is 16.7 Å². The molecular formula is C17H21BrN2O. The molecule has 0 saturated carbocycles. The number of ether oxygens (including phenoxy) is 1. The van der Waals surface area contributed by atoms with Crippen LogP contribution in [0.15, 0.2) is 40.9 Å². The van der Waals surface area contributed by atoms with Crippen molar-refractivity contribution in [3.8, 4) is 5.75 Å². The van der Waals surface area contributed by atoms with Gasteiger partial charge in [-0.1, -0.05) is 35.0 Å². The Morgan fingerprint density at radius 3 is 2.62 bits per heavy atom. The van der Waals surface area contributed by atoms with Gasteiger partial charge < -0.3 is 10.1 Å². The van der Waals surface area contributed by atoms with E-state index in [1.54, 1.807) is 0 Å². The number of halogens is 1. The minimum atomic E-state index is 0.554. The average molecular weight is 349 g/mol. The maximum atomic E-state index is 5.93. The standard InChI is InChI=1S/C17H21BrN2O/c1-3-10-19-11-16-17(9-4-13(2)20-16)21-12-14-5-7-15(18)8-6-14/h4-9,19H,3,10-12H2,1-2H3. The highest BCUT2D eigenvalue weighted by atomic mass is 79.9. The molecule has 1 aromatic carbocycles. The van der Waals surface area contributed by atoms with Crippen LogP contribution in [0.2, 0.25) is 0 Å². The monoisotopic (exact) mass is 348 g/mol. The summed E-state index contributed by atoms with van der Waals surface area (Å²) in [5.74, 6) is 0.854. The SMILES string of the molecule is CCCNCc1nc(C)ccc1OCc1ccc(Br)cc1. The molecule has 21 heavy (non-hydrogen) atoms. The van der Waals surface area contributed by atoms with Gasteiger partial charge in [0.25, 0.3) is 0 Å². The first-order valence-electron chi connectivity index (χ1n) is 7.23. The molecule has 0 aliphatic carbocycles. The fraction of sp³-hybridized carbons (Fsp3) is 0.353. The van der Waals surface area contributed by atoms with Gasteiger partial charge in [-0.3, -0.25) is 4.98 Å². The Labute approximate surface area is 134 Å². The van der Waals surface area contributed by atoms with Crippen LogP contribution in [0.1, 0.15) is 30.3 Å². The number of hydrogen-bond donors (Lipinski definition) is 1. The van der Waals surface area contributed by atoms with E-state index >= 15 is 0 Å². The van der Waals surface area contributed by atoms with Crippen molar-refractivity contribution in [1.82, 2.24) is 10.3 Å². The number of hydrogen-bond acceptors (Lipinski definition) is 3.